The zero-order chi connectivity index (χ0) is 42.8. The van der Waals surface area contributed by atoms with Gasteiger partial charge in [0.05, 0.1) is 11.4 Å². The van der Waals surface area contributed by atoms with Crippen LogP contribution in [0.4, 0.5) is 0 Å². The van der Waals surface area contributed by atoms with Crippen molar-refractivity contribution in [2.24, 2.45) is 0 Å². The van der Waals surface area contributed by atoms with Crippen molar-refractivity contribution in [1.29, 1.82) is 0 Å². The van der Waals surface area contributed by atoms with E-state index in [9.17, 15) is 0 Å². The Morgan fingerprint density at radius 2 is 0.738 bits per heavy atom. The second kappa shape index (κ2) is 15.0. The van der Waals surface area contributed by atoms with Gasteiger partial charge >= 0.3 is 0 Å². The van der Waals surface area contributed by atoms with E-state index in [4.69, 9.17) is 14.4 Å². The molecule has 0 unspecified atom stereocenters. The molecule has 0 aliphatic carbocycles. The molecule has 0 spiro atoms. The Bertz CT molecular complexity index is 3870. The first-order valence-electron chi connectivity index (χ1n) is 22.1. The number of fused-ring (bicyclic) bond motifs is 11. The van der Waals surface area contributed by atoms with Crippen LogP contribution in [0.1, 0.15) is 0 Å². The summed E-state index contributed by atoms with van der Waals surface area (Å²) in [5.41, 5.74) is 13.6. The fourth-order valence-corrected chi connectivity index (χ4v) is 9.95. The van der Waals surface area contributed by atoms with Gasteiger partial charge in [0.2, 0.25) is 0 Å². The third-order valence-electron chi connectivity index (χ3n) is 13.1. The van der Waals surface area contributed by atoms with Crippen LogP contribution in [0.3, 0.4) is 0 Å². The Kier molecular flexibility index (Phi) is 8.53. The lowest BCUT2D eigenvalue weighted by atomic mass is 9.90. The highest BCUT2D eigenvalue weighted by Crippen LogP contribution is 2.45. The van der Waals surface area contributed by atoms with Gasteiger partial charge < -0.3 is 4.42 Å². The molecule has 0 N–H and O–H groups in total. The standard InChI is InChI=1S/C62H38N2O/c1-3-14-42(15-4-1)57-38-58(64-62(63-57)44-16-5-2-6-17-44)43-32-28-40(29-33-43)39-26-30-41(31-27-39)54-37-56-60-46(24-13-25-59(60)65-61(56)53-23-12-11-22-51(53)54)45-34-35-52-49-20-8-7-18-47(49)48-19-9-10-21-50(48)55(52)36-45/h1-38H. The first-order valence-corrected chi connectivity index (χ1v) is 22.1. The van der Waals surface area contributed by atoms with Gasteiger partial charge in [0.1, 0.15) is 11.2 Å². The lowest BCUT2D eigenvalue weighted by Crippen LogP contribution is -1.95. The van der Waals surface area contributed by atoms with Crippen LogP contribution in [0, 0.1) is 0 Å². The number of nitrogens with zero attached hydrogens (tertiary/aromatic N) is 2. The average Bonchev–Trinajstić information content (AvgIpc) is 3.78. The second-order valence-electron chi connectivity index (χ2n) is 16.8. The molecule has 2 heterocycles. The second-order valence-corrected chi connectivity index (χ2v) is 16.8. The molecule has 13 aromatic rings. The first kappa shape index (κ1) is 36.9. The number of rotatable bonds is 6. The molecule has 3 nitrogen and oxygen atoms in total. The number of furan rings is 1. The van der Waals surface area contributed by atoms with Crippen LogP contribution in [0.15, 0.2) is 235 Å². The average molecular weight is 827 g/mol. The maximum Gasteiger partial charge on any atom is 0.160 e. The summed E-state index contributed by atoms with van der Waals surface area (Å²) in [6.07, 6.45) is 0. The van der Waals surface area contributed by atoms with E-state index in [2.05, 4.69) is 194 Å². The SMILES string of the molecule is c1ccc(-c2cc(-c3ccc(-c4ccc(-c5cc6c(oc7cccc(-c8ccc9c%10ccccc%10c%10ccccc%10c9c8)c76)c6ccccc56)cc4)cc3)nc(-c3ccccc3)n2)cc1. The highest BCUT2D eigenvalue weighted by molar-refractivity contribution is 6.27. The summed E-state index contributed by atoms with van der Waals surface area (Å²) in [5.74, 6) is 0.711. The molecule has 0 aliphatic heterocycles. The summed E-state index contributed by atoms with van der Waals surface area (Å²) >= 11 is 0. The molecule has 302 valence electrons. The smallest absolute Gasteiger partial charge is 0.160 e. The zero-order valence-electron chi connectivity index (χ0n) is 35.2. The number of aromatic nitrogens is 2. The monoisotopic (exact) mass is 826 g/mol. The number of benzene rings is 11. The fourth-order valence-electron chi connectivity index (χ4n) is 9.95. The molecule has 0 radical (unpaired) electrons. The molecule has 0 fully saturated rings. The van der Waals surface area contributed by atoms with E-state index in [0.717, 1.165) is 83.0 Å². The molecule has 2 aromatic heterocycles. The molecular weight excluding hydrogens is 789 g/mol. The number of hydrogen-bond donors (Lipinski definition) is 0. The maximum atomic E-state index is 6.80. The van der Waals surface area contributed by atoms with E-state index in [-0.39, 0.29) is 0 Å². The van der Waals surface area contributed by atoms with Crippen molar-refractivity contribution in [3.63, 3.8) is 0 Å². The van der Waals surface area contributed by atoms with Gasteiger partial charge in [-0.2, -0.15) is 0 Å². The van der Waals surface area contributed by atoms with E-state index in [0.29, 0.717) is 5.82 Å². The summed E-state index contributed by atoms with van der Waals surface area (Å²) in [6.45, 7) is 0. The van der Waals surface area contributed by atoms with E-state index >= 15 is 0 Å². The van der Waals surface area contributed by atoms with Gasteiger partial charge in [-0.15, -0.1) is 0 Å². The van der Waals surface area contributed by atoms with Gasteiger partial charge in [-0.1, -0.05) is 206 Å². The summed E-state index contributed by atoms with van der Waals surface area (Å²) in [6, 6.07) is 82.2. The fraction of sp³-hybridized carbons (Fsp3) is 0. The molecule has 13 rings (SSSR count). The van der Waals surface area contributed by atoms with Crippen LogP contribution < -0.4 is 0 Å². The Morgan fingerprint density at radius 1 is 0.262 bits per heavy atom. The van der Waals surface area contributed by atoms with Gasteiger partial charge in [-0.25, -0.2) is 9.97 Å². The first-order chi connectivity index (χ1) is 32.2. The van der Waals surface area contributed by atoms with Gasteiger partial charge in [-0.05, 0) is 95.3 Å². The van der Waals surface area contributed by atoms with Crippen molar-refractivity contribution in [3.8, 4) is 67.3 Å². The molecule has 11 aromatic carbocycles. The molecule has 0 bridgehead atoms. The van der Waals surface area contributed by atoms with Gasteiger partial charge in [0.25, 0.3) is 0 Å². The highest BCUT2D eigenvalue weighted by atomic mass is 16.3. The van der Waals surface area contributed by atoms with Crippen LogP contribution in [0.25, 0.3) is 132 Å². The Morgan fingerprint density at radius 3 is 1.37 bits per heavy atom. The summed E-state index contributed by atoms with van der Waals surface area (Å²) < 4.78 is 6.80. The van der Waals surface area contributed by atoms with Crippen LogP contribution in [-0.4, -0.2) is 9.97 Å². The van der Waals surface area contributed by atoms with Gasteiger partial charge in [-0.3, -0.25) is 0 Å². The quantitative estimate of drug-likeness (QED) is 0.157. The molecule has 3 heteroatoms. The third-order valence-corrected chi connectivity index (χ3v) is 13.1. The van der Waals surface area contributed by atoms with E-state index in [1.54, 1.807) is 0 Å². The predicted octanol–water partition coefficient (Wildman–Crippen LogP) is 17.0. The molecule has 0 atom stereocenters. The molecule has 0 aliphatic rings. The minimum atomic E-state index is 0.711. The lowest BCUT2D eigenvalue weighted by molar-refractivity contribution is 0.673. The Labute approximate surface area is 375 Å². The highest BCUT2D eigenvalue weighted by Gasteiger charge is 2.19. The van der Waals surface area contributed by atoms with E-state index < -0.39 is 0 Å². The summed E-state index contributed by atoms with van der Waals surface area (Å²) in [4.78, 5) is 10.0. The van der Waals surface area contributed by atoms with Gasteiger partial charge in [0, 0.05) is 32.8 Å². The summed E-state index contributed by atoms with van der Waals surface area (Å²) in [5, 5.41) is 12.1. The van der Waals surface area contributed by atoms with E-state index in [1.165, 1.54) is 43.4 Å². The summed E-state index contributed by atoms with van der Waals surface area (Å²) in [7, 11) is 0. The normalized spacial score (nSPS) is 11.7. The minimum absolute atomic E-state index is 0.711. The van der Waals surface area contributed by atoms with Crippen molar-refractivity contribution < 1.29 is 4.42 Å². The zero-order valence-corrected chi connectivity index (χ0v) is 35.2. The number of hydrogen-bond acceptors (Lipinski definition) is 3. The van der Waals surface area contributed by atoms with Crippen molar-refractivity contribution in [1.82, 2.24) is 9.97 Å². The predicted molar refractivity (Wildman–Crippen MR) is 272 cm³/mol. The topological polar surface area (TPSA) is 38.9 Å². The van der Waals surface area contributed by atoms with Crippen molar-refractivity contribution in [2.75, 3.05) is 0 Å². The minimum Gasteiger partial charge on any atom is -0.455 e. The maximum absolute atomic E-state index is 6.80. The molecule has 65 heavy (non-hydrogen) atoms. The molecule has 0 amide bonds. The van der Waals surface area contributed by atoms with Crippen molar-refractivity contribution in [2.45, 2.75) is 0 Å². The van der Waals surface area contributed by atoms with Crippen LogP contribution in [0.2, 0.25) is 0 Å². The third kappa shape index (κ3) is 6.20. The van der Waals surface area contributed by atoms with Crippen molar-refractivity contribution >= 4 is 65.0 Å². The largest absolute Gasteiger partial charge is 0.455 e. The van der Waals surface area contributed by atoms with E-state index in [1.807, 2.05) is 36.4 Å². The van der Waals surface area contributed by atoms with Crippen LogP contribution in [-0.2, 0) is 0 Å². The Balaban J connectivity index is 0.892. The lowest BCUT2D eigenvalue weighted by Gasteiger charge is -2.13. The molecule has 0 saturated carbocycles. The molecular formula is C62H38N2O. The van der Waals surface area contributed by atoms with Gasteiger partial charge in [0.15, 0.2) is 5.82 Å². The van der Waals surface area contributed by atoms with Crippen molar-refractivity contribution in [3.05, 3.63) is 231 Å². The van der Waals surface area contributed by atoms with Crippen LogP contribution in [0.5, 0.6) is 0 Å². The molecule has 0 saturated heterocycles. The Hall–Kier alpha value is -8.66. The van der Waals surface area contributed by atoms with Crippen LogP contribution >= 0.6 is 0 Å².